The van der Waals surface area contributed by atoms with Crippen LogP contribution in [0.2, 0.25) is 0 Å². The van der Waals surface area contributed by atoms with Crippen LogP contribution in [0, 0.1) is 5.41 Å². The van der Waals surface area contributed by atoms with Gasteiger partial charge in [-0.15, -0.1) is 11.3 Å². The Labute approximate surface area is 190 Å². The molecule has 7 nitrogen and oxygen atoms in total. The largest absolute Gasteiger partial charge is 0.356 e. The molecule has 0 radical (unpaired) electrons. The monoisotopic (exact) mass is 447 g/mol. The number of carbonyl (C=O) groups is 2. The van der Waals surface area contributed by atoms with Gasteiger partial charge in [-0.25, -0.2) is 15.0 Å². The summed E-state index contributed by atoms with van der Waals surface area (Å²) in [5, 5.41) is 5.45. The lowest BCUT2D eigenvalue weighted by Gasteiger charge is -2.36. The molecular formula is C24H25N5O2S. The molecule has 2 aromatic heterocycles. The molecule has 2 aliphatic rings. The maximum Gasteiger partial charge on any atom is 0.273 e. The number of carbonyl (C=O) groups excluding carboxylic acids is 2. The molecule has 3 aromatic rings. The van der Waals surface area contributed by atoms with Crippen molar-refractivity contribution >= 4 is 23.2 Å². The SMILES string of the molecule is CCNC(=O)[C@@]1(Cc2ccccc2)C[C@H]2CC[C@@H]1N2C(=O)c1csc(-c2ncccn2)n1. The number of thiazole rings is 1. The second kappa shape index (κ2) is 8.43. The summed E-state index contributed by atoms with van der Waals surface area (Å²) in [6.45, 7) is 2.51. The Morgan fingerprint density at radius 3 is 2.69 bits per heavy atom. The summed E-state index contributed by atoms with van der Waals surface area (Å²) >= 11 is 1.37. The summed E-state index contributed by atoms with van der Waals surface area (Å²) < 4.78 is 0. The Morgan fingerprint density at radius 2 is 1.94 bits per heavy atom. The van der Waals surface area contributed by atoms with Crippen molar-refractivity contribution in [2.24, 2.45) is 5.41 Å². The van der Waals surface area contributed by atoms with Gasteiger partial charge in [-0.3, -0.25) is 9.59 Å². The zero-order valence-corrected chi connectivity index (χ0v) is 18.7. The predicted molar refractivity (Wildman–Crippen MR) is 122 cm³/mol. The fourth-order valence-corrected chi connectivity index (χ4v) is 6.06. The molecule has 1 aromatic carbocycles. The summed E-state index contributed by atoms with van der Waals surface area (Å²) in [6, 6.07) is 11.8. The van der Waals surface area contributed by atoms with Gasteiger partial charge in [0.05, 0.1) is 5.41 Å². The first kappa shape index (κ1) is 20.8. The van der Waals surface area contributed by atoms with Crippen molar-refractivity contribution in [1.29, 1.82) is 0 Å². The zero-order chi connectivity index (χ0) is 22.1. The van der Waals surface area contributed by atoms with Crippen LogP contribution in [0.25, 0.3) is 10.8 Å². The Kier molecular flexibility index (Phi) is 5.46. The van der Waals surface area contributed by atoms with E-state index < -0.39 is 5.41 Å². The quantitative estimate of drug-likeness (QED) is 0.626. The van der Waals surface area contributed by atoms with Gasteiger partial charge in [0.25, 0.3) is 5.91 Å². The zero-order valence-electron chi connectivity index (χ0n) is 17.9. The molecule has 1 N–H and O–H groups in total. The van der Waals surface area contributed by atoms with Crippen LogP contribution >= 0.6 is 11.3 Å². The smallest absolute Gasteiger partial charge is 0.273 e. The highest BCUT2D eigenvalue weighted by Gasteiger charge is 2.61. The van der Waals surface area contributed by atoms with Gasteiger partial charge < -0.3 is 10.2 Å². The fourth-order valence-electron chi connectivity index (χ4n) is 5.32. The molecule has 4 heterocycles. The first-order valence-corrected chi connectivity index (χ1v) is 11.9. The van der Waals surface area contributed by atoms with Crippen LogP contribution < -0.4 is 5.32 Å². The number of nitrogens with zero attached hydrogens (tertiary/aromatic N) is 4. The lowest BCUT2D eigenvalue weighted by Crippen LogP contribution is -2.51. The average molecular weight is 448 g/mol. The summed E-state index contributed by atoms with van der Waals surface area (Å²) in [5.74, 6) is 0.461. The fraction of sp³-hybridized carbons (Fsp3) is 0.375. The van der Waals surface area contributed by atoms with E-state index in [9.17, 15) is 9.59 Å². The van der Waals surface area contributed by atoms with Crippen LogP contribution in [0.3, 0.4) is 0 Å². The Hall–Kier alpha value is -3.13. The summed E-state index contributed by atoms with van der Waals surface area (Å²) in [7, 11) is 0. The number of benzene rings is 1. The normalized spacial score (nSPS) is 24.0. The van der Waals surface area contributed by atoms with Crippen molar-refractivity contribution in [3.63, 3.8) is 0 Å². The molecule has 3 atom stereocenters. The molecule has 0 spiro atoms. The van der Waals surface area contributed by atoms with Crippen molar-refractivity contribution in [1.82, 2.24) is 25.2 Å². The lowest BCUT2D eigenvalue weighted by molar-refractivity contribution is -0.132. The predicted octanol–water partition coefficient (Wildman–Crippen LogP) is 3.34. The van der Waals surface area contributed by atoms with Gasteiger partial charge in [0.1, 0.15) is 5.69 Å². The third kappa shape index (κ3) is 3.48. The van der Waals surface area contributed by atoms with Crippen LogP contribution in [0.4, 0.5) is 0 Å². The second-order valence-corrected chi connectivity index (χ2v) is 9.31. The van der Waals surface area contributed by atoms with E-state index in [4.69, 9.17) is 0 Å². The number of rotatable bonds is 6. The molecule has 2 amide bonds. The van der Waals surface area contributed by atoms with E-state index in [-0.39, 0.29) is 23.9 Å². The van der Waals surface area contributed by atoms with Crippen molar-refractivity contribution < 1.29 is 9.59 Å². The van der Waals surface area contributed by atoms with Crippen LogP contribution in [-0.4, -0.2) is 50.3 Å². The highest BCUT2D eigenvalue weighted by atomic mass is 32.1. The molecule has 32 heavy (non-hydrogen) atoms. The van der Waals surface area contributed by atoms with Gasteiger partial charge in [-0.05, 0) is 44.2 Å². The minimum Gasteiger partial charge on any atom is -0.356 e. The Balaban J connectivity index is 1.45. The first-order chi connectivity index (χ1) is 15.6. The van der Waals surface area contributed by atoms with Gasteiger partial charge >= 0.3 is 0 Å². The molecule has 0 saturated carbocycles. The number of hydrogen-bond donors (Lipinski definition) is 1. The number of amides is 2. The van der Waals surface area contributed by atoms with Gasteiger partial charge in [0.15, 0.2) is 10.8 Å². The standard InChI is InChI=1S/C24H25N5O2S/c1-2-25-23(31)24(13-16-7-4-3-5-8-16)14-17-9-10-19(24)29(17)22(30)18-15-32-21(28-18)20-26-11-6-12-27-20/h3-8,11-12,15,17,19H,2,9-10,13-14H2,1H3,(H,25,31)/t17-,19+,24+/m1/s1. The molecule has 0 unspecified atom stereocenters. The summed E-state index contributed by atoms with van der Waals surface area (Å²) in [5.41, 5.74) is 0.911. The van der Waals surface area contributed by atoms with Crippen molar-refractivity contribution in [2.45, 2.75) is 44.7 Å². The van der Waals surface area contributed by atoms with Crippen molar-refractivity contribution in [3.05, 3.63) is 65.4 Å². The van der Waals surface area contributed by atoms with Crippen LogP contribution in [-0.2, 0) is 11.2 Å². The Bertz CT molecular complexity index is 1120. The molecule has 2 fully saturated rings. The molecular weight excluding hydrogens is 422 g/mol. The van der Waals surface area contributed by atoms with Gasteiger partial charge in [-0.1, -0.05) is 30.3 Å². The molecule has 2 bridgehead atoms. The van der Waals surface area contributed by atoms with Gasteiger partial charge in [0, 0.05) is 36.4 Å². The highest BCUT2D eigenvalue weighted by molar-refractivity contribution is 7.13. The van der Waals surface area contributed by atoms with Gasteiger partial charge in [0.2, 0.25) is 5.91 Å². The number of aromatic nitrogens is 3. The van der Waals surface area contributed by atoms with Gasteiger partial charge in [-0.2, -0.15) is 0 Å². The maximum atomic E-state index is 13.6. The molecule has 2 aliphatic heterocycles. The lowest BCUT2D eigenvalue weighted by atomic mass is 9.69. The summed E-state index contributed by atoms with van der Waals surface area (Å²) in [4.78, 5) is 41.9. The van der Waals surface area contributed by atoms with E-state index >= 15 is 0 Å². The second-order valence-electron chi connectivity index (χ2n) is 8.45. The van der Waals surface area contributed by atoms with Crippen LogP contribution in [0.1, 0.15) is 42.2 Å². The number of nitrogens with one attached hydrogen (secondary N) is 1. The van der Waals surface area contributed by atoms with E-state index in [1.807, 2.05) is 30.0 Å². The number of fused-ring (bicyclic) bond motifs is 2. The van der Waals surface area contributed by atoms with E-state index in [1.54, 1.807) is 23.8 Å². The Morgan fingerprint density at radius 1 is 1.16 bits per heavy atom. The highest BCUT2D eigenvalue weighted by Crippen LogP contribution is 2.52. The average Bonchev–Trinajstić information content (AvgIpc) is 3.54. The van der Waals surface area contributed by atoms with E-state index in [2.05, 4.69) is 32.4 Å². The van der Waals surface area contributed by atoms with E-state index in [1.165, 1.54) is 11.3 Å². The third-order valence-corrected chi connectivity index (χ3v) is 7.45. The first-order valence-electron chi connectivity index (χ1n) is 11.0. The molecule has 2 saturated heterocycles. The number of hydrogen-bond acceptors (Lipinski definition) is 6. The molecule has 0 aliphatic carbocycles. The van der Waals surface area contributed by atoms with Crippen molar-refractivity contribution in [3.8, 4) is 10.8 Å². The molecule has 164 valence electrons. The minimum atomic E-state index is -0.614. The van der Waals surface area contributed by atoms with E-state index in [0.717, 1.165) is 18.4 Å². The summed E-state index contributed by atoms with van der Waals surface area (Å²) in [6.07, 6.45) is 6.39. The van der Waals surface area contributed by atoms with E-state index in [0.29, 0.717) is 35.9 Å². The maximum absolute atomic E-state index is 13.6. The van der Waals surface area contributed by atoms with Crippen LogP contribution in [0.5, 0.6) is 0 Å². The topological polar surface area (TPSA) is 88.1 Å². The minimum absolute atomic E-state index is 0.0468. The molecule has 8 heteroatoms. The van der Waals surface area contributed by atoms with Crippen molar-refractivity contribution in [2.75, 3.05) is 6.54 Å². The third-order valence-electron chi connectivity index (χ3n) is 6.61. The van der Waals surface area contributed by atoms with Crippen LogP contribution in [0.15, 0.2) is 54.2 Å². The molecule has 5 rings (SSSR count).